The van der Waals surface area contributed by atoms with Gasteiger partial charge in [-0.2, -0.15) is 0 Å². The summed E-state index contributed by atoms with van der Waals surface area (Å²) in [6.07, 6.45) is 5.71. The average Bonchev–Trinajstić information content (AvgIpc) is 2.32. The Bertz CT molecular complexity index is 167. The quantitative estimate of drug-likeness (QED) is 0.715. The van der Waals surface area contributed by atoms with Crippen molar-refractivity contribution in [3.8, 4) is 0 Å². The van der Waals surface area contributed by atoms with Crippen molar-refractivity contribution >= 4 is 5.91 Å². The number of hydrogen-bond donors (Lipinski definition) is 1. The lowest BCUT2D eigenvalue weighted by molar-refractivity contribution is -0.125. The number of hydrogen-bond acceptors (Lipinski definition) is 1. The van der Waals surface area contributed by atoms with Gasteiger partial charge in [-0.1, -0.05) is 26.7 Å². The van der Waals surface area contributed by atoms with Crippen molar-refractivity contribution in [3.05, 3.63) is 0 Å². The zero-order valence-electron chi connectivity index (χ0n) is 8.81. The zero-order chi connectivity index (χ0) is 9.68. The Kier molecular flexibility index (Phi) is 4.26. The SMILES string of the molecule is CCC(C)CC1CCCCNC1=O. The maximum atomic E-state index is 11.6. The molecule has 0 aromatic carbocycles. The van der Waals surface area contributed by atoms with E-state index >= 15 is 0 Å². The van der Waals surface area contributed by atoms with E-state index in [1.54, 1.807) is 0 Å². The molecule has 1 amide bonds. The second kappa shape index (κ2) is 5.25. The van der Waals surface area contributed by atoms with Gasteiger partial charge in [0.05, 0.1) is 0 Å². The summed E-state index contributed by atoms with van der Waals surface area (Å²) < 4.78 is 0. The highest BCUT2D eigenvalue weighted by Gasteiger charge is 2.21. The molecule has 0 aromatic rings. The lowest BCUT2D eigenvalue weighted by Crippen LogP contribution is -2.29. The standard InChI is InChI=1S/C11H21NO/c1-3-9(2)8-10-6-4-5-7-12-11(10)13/h9-10H,3-8H2,1-2H3,(H,12,13). The summed E-state index contributed by atoms with van der Waals surface area (Å²) in [7, 11) is 0. The molecule has 2 unspecified atom stereocenters. The van der Waals surface area contributed by atoms with Crippen LogP contribution in [0.1, 0.15) is 46.0 Å². The molecular weight excluding hydrogens is 162 g/mol. The van der Waals surface area contributed by atoms with E-state index in [-0.39, 0.29) is 11.8 Å². The van der Waals surface area contributed by atoms with Crippen LogP contribution in [0.5, 0.6) is 0 Å². The van der Waals surface area contributed by atoms with Gasteiger partial charge in [0.2, 0.25) is 5.91 Å². The largest absolute Gasteiger partial charge is 0.356 e. The number of nitrogens with one attached hydrogen (secondary N) is 1. The highest BCUT2D eigenvalue weighted by atomic mass is 16.1. The molecular formula is C11H21NO. The molecule has 2 atom stereocenters. The second-order valence-corrected chi connectivity index (χ2v) is 4.23. The summed E-state index contributed by atoms with van der Waals surface area (Å²) in [6, 6.07) is 0. The van der Waals surface area contributed by atoms with Crippen LogP contribution < -0.4 is 5.32 Å². The molecule has 1 aliphatic heterocycles. The Hall–Kier alpha value is -0.530. The van der Waals surface area contributed by atoms with Crippen molar-refractivity contribution in [1.29, 1.82) is 0 Å². The molecule has 0 bridgehead atoms. The minimum atomic E-state index is 0.289. The third kappa shape index (κ3) is 3.37. The van der Waals surface area contributed by atoms with Gasteiger partial charge >= 0.3 is 0 Å². The summed E-state index contributed by atoms with van der Waals surface area (Å²) in [5.41, 5.74) is 0. The molecule has 13 heavy (non-hydrogen) atoms. The third-order valence-electron chi connectivity index (χ3n) is 3.03. The molecule has 1 rings (SSSR count). The molecule has 0 radical (unpaired) electrons. The fourth-order valence-corrected chi connectivity index (χ4v) is 1.88. The minimum absolute atomic E-state index is 0.289. The van der Waals surface area contributed by atoms with Gasteiger partial charge in [0.1, 0.15) is 0 Å². The smallest absolute Gasteiger partial charge is 0.223 e. The highest BCUT2D eigenvalue weighted by molar-refractivity contribution is 5.78. The van der Waals surface area contributed by atoms with Crippen LogP contribution in [0.25, 0.3) is 0 Å². The van der Waals surface area contributed by atoms with Crippen LogP contribution in [-0.4, -0.2) is 12.5 Å². The van der Waals surface area contributed by atoms with E-state index in [2.05, 4.69) is 19.2 Å². The van der Waals surface area contributed by atoms with E-state index in [4.69, 9.17) is 0 Å². The van der Waals surface area contributed by atoms with Gasteiger partial charge in [-0.3, -0.25) is 4.79 Å². The molecule has 1 N–H and O–H groups in total. The summed E-state index contributed by atoms with van der Waals surface area (Å²) in [6.45, 7) is 5.31. The molecule has 0 aromatic heterocycles. The van der Waals surface area contributed by atoms with Gasteiger partial charge < -0.3 is 5.32 Å². The molecule has 2 nitrogen and oxygen atoms in total. The molecule has 1 heterocycles. The average molecular weight is 183 g/mol. The van der Waals surface area contributed by atoms with Crippen molar-refractivity contribution < 1.29 is 4.79 Å². The summed E-state index contributed by atoms with van der Waals surface area (Å²) >= 11 is 0. The van der Waals surface area contributed by atoms with Crippen LogP contribution in [-0.2, 0) is 4.79 Å². The van der Waals surface area contributed by atoms with Crippen molar-refractivity contribution in [2.75, 3.05) is 6.54 Å². The Morgan fingerprint density at radius 2 is 2.31 bits per heavy atom. The van der Waals surface area contributed by atoms with Crippen molar-refractivity contribution in [2.24, 2.45) is 11.8 Å². The lowest BCUT2D eigenvalue weighted by atomic mass is 9.90. The first-order chi connectivity index (χ1) is 6.24. The van der Waals surface area contributed by atoms with Crippen molar-refractivity contribution in [1.82, 2.24) is 5.32 Å². The molecule has 1 fully saturated rings. The predicted molar refractivity (Wildman–Crippen MR) is 54.4 cm³/mol. The first kappa shape index (κ1) is 10.6. The van der Waals surface area contributed by atoms with E-state index in [0.29, 0.717) is 5.92 Å². The van der Waals surface area contributed by atoms with Gasteiger partial charge in [-0.05, 0) is 25.2 Å². The summed E-state index contributed by atoms with van der Waals surface area (Å²) in [5, 5.41) is 2.99. The highest BCUT2D eigenvalue weighted by Crippen LogP contribution is 2.22. The Morgan fingerprint density at radius 1 is 1.54 bits per heavy atom. The van der Waals surface area contributed by atoms with Crippen molar-refractivity contribution in [3.63, 3.8) is 0 Å². The van der Waals surface area contributed by atoms with Crippen LogP contribution >= 0.6 is 0 Å². The van der Waals surface area contributed by atoms with Gasteiger partial charge in [0.15, 0.2) is 0 Å². The molecule has 0 saturated carbocycles. The normalized spacial score (nSPS) is 26.3. The number of carbonyl (C=O) groups excluding carboxylic acids is 1. The topological polar surface area (TPSA) is 29.1 Å². The van der Waals surface area contributed by atoms with Crippen LogP contribution in [0.15, 0.2) is 0 Å². The Labute approximate surface area is 81.1 Å². The zero-order valence-corrected chi connectivity index (χ0v) is 8.81. The fourth-order valence-electron chi connectivity index (χ4n) is 1.88. The molecule has 2 heteroatoms. The minimum Gasteiger partial charge on any atom is -0.356 e. The van der Waals surface area contributed by atoms with E-state index in [0.717, 1.165) is 25.8 Å². The monoisotopic (exact) mass is 183 g/mol. The first-order valence-corrected chi connectivity index (χ1v) is 5.51. The summed E-state index contributed by atoms with van der Waals surface area (Å²) in [4.78, 5) is 11.6. The molecule has 0 spiro atoms. The van der Waals surface area contributed by atoms with Crippen LogP contribution in [0.3, 0.4) is 0 Å². The summed E-state index contributed by atoms with van der Waals surface area (Å²) in [5.74, 6) is 1.27. The molecule has 1 saturated heterocycles. The van der Waals surface area contributed by atoms with Gasteiger partial charge in [0, 0.05) is 12.5 Å². The van der Waals surface area contributed by atoms with E-state index < -0.39 is 0 Å². The Morgan fingerprint density at radius 3 is 3.00 bits per heavy atom. The third-order valence-corrected chi connectivity index (χ3v) is 3.03. The number of amides is 1. The fraction of sp³-hybridized carbons (Fsp3) is 0.909. The van der Waals surface area contributed by atoms with Gasteiger partial charge in [0.25, 0.3) is 0 Å². The van der Waals surface area contributed by atoms with E-state index in [1.807, 2.05) is 0 Å². The van der Waals surface area contributed by atoms with Crippen LogP contribution in [0, 0.1) is 11.8 Å². The second-order valence-electron chi connectivity index (χ2n) is 4.23. The predicted octanol–water partition coefficient (Wildman–Crippen LogP) is 2.34. The maximum absolute atomic E-state index is 11.6. The van der Waals surface area contributed by atoms with Gasteiger partial charge in [-0.25, -0.2) is 0 Å². The number of carbonyl (C=O) groups is 1. The van der Waals surface area contributed by atoms with E-state index in [9.17, 15) is 4.79 Å². The molecule has 0 aliphatic carbocycles. The first-order valence-electron chi connectivity index (χ1n) is 5.51. The van der Waals surface area contributed by atoms with Crippen LogP contribution in [0.2, 0.25) is 0 Å². The lowest BCUT2D eigenvalue weighted by Gasteiger charge is -2.16. The maximum Gasteiger partial charge on any atom is 0.223 e. The van der Waals surface area contributed by atoms with Crippen LogP contribution in [0.4, 0.5) is 0 Å². The van der Waals surface area contributed by atoms with Gasteiger partial charge in [-0.15, -0.1) is 0 Å². The Balaban J connectivity index is 2.40. The molecule has 76 valence electrons. The van der Waals surface area contributed by atoms with Crippen molar-refractivity contribution in [2.45, 2.75) is 46.0 Å². The molecule has 1 aliphatic rings. The van der Waals surface area contributed by atoms with E-state index in [1.165, 1.54) is 12.8 Å². The number of rotatable bonds is 3.